The molecule has 0 radical (unpaired) electrons. The molecule has 1 rings (SSSR count). The molecule has 0 bridgehead atoms. The normalized spacial score (nSPS) is 12.8. The molecule has 0 saturated heterocycles. The van der Waals surface area contributed by atoms with Crippen molar-refractivity contribution < 1.29 is 47.7 Å². The molecule has 0 saturated carbocycles. The number of ether oxygens (including phenoxy) is 4. The molecule has 0 fully saturated rings. The van der Waals surface area contributed by atoms with Crippen LogP contribution in [0, 0.1) is 0 Å². The van der Waals surface area contributed by atoms with Gasteiger partial charge in [0.2, 0.25) is 0 Å². The van der Waals surface area contributed by atoms with E-state index in [2.05, 4.69) is 75.8 Å². The number of benzene rings is 1. The molecule has 0 aliphatic carbocycles. The predicted molar refractivity (Wildman–Crippen MR) is 400 cm³/mol. The number of unbranched alkanes of at least 4 members (excludes halogenated alkanes) is 28. The Kier molecular flexibility index (Phi) is 61.4. The third-order valence-electron chi connectivity index (χ3n) is 19.2. The van der Waals surface area contributed by atoms with Crippen LogP contribution in [0.15, 0.2) is 24.3 Å². The van der Waals surface area contributed by atoms with Crippen LogP contribution in [0.25, 0.3) is 0 Å². The lowest BCUT2D eigenvalue weighted by Crippen LogP contribution is -2.32. The van der Waals surface area contributed by atoms with Crippen molar-refractivity contribution in [2.75, 3.05) is 52.4 Å². The molecule has 1 aromatic carbocycles. The van der Waals surface area contributed by atoms with Crippen LogP contribution < -0.4 is 10.6 Å². The Morgan fingerprint density at radius 3 is 0.708 bits per heavy atom. The molecule has 1 aromatic rings. The number of rotatable bonds is 70. The fourth-order valence-corrected chi connectivity index (χ4v) is 12.8. The summed E-state index contributed by atoms with van der Waals surface area (Å²) in [5.74, 6) is -0.424. The van der Waals surface area contributed by atoms with Gasteiger partial charge in [-0.15, -0.1) is 0 Å². The molecule has 14 heteroatoms. The zero-order valence-electron chi connectivity index (χ0n) is 63.6. The van der Waals surface area contributed by atoms with Crippen molar-refractivity contribution in [1.29, 1.82) is 0 Å². The standard InChI is InChI=1S/C82H150N4O10/c1-9-17-37-51-73(13-5)93-77(87)55-41-29-21-25-33-45-65-85(66-46-34-26-22-30-42-56-78(88)94-74(14-6)52-38-18-10-2)69-49-63-83-81(91)71-59-61-72(62-60-71)82(92)84-64-50-70-86(67-47-35-27-23-31-43-57-79(89)95-75(15-7)53-39-19-11-3)68-48-36-28-24-32-44-58-80(90)96-76(16-8)54-40-20-12-4/h59-62,73-76H,9-58,63-70H2,1-8H3,(H,83,91)(H,84,92). The van der Waals surface area contributed by atoms with E-state index in [1.807, 2.05) is 0 Å². The van der Waals surface area contributed by atoms with Gasteiger partial charge < -0.3 is 39.4 Å². The van der Waals surface area contributed by atoms with Gasteiger partial charge in [0.15, 0.2) is 0 Å². The highest BCUT2D eigenvalue weighted by molar-refractivity contribution is 5.97. The second-order valence-electron chi connectivity index (χ2n) is 28.0. The van der Waals surface area contributed by atoms with Crippen molar-refractivity contribution in [3.05, 3.63) is 35.4 Å². The largest absolute Gasteiger partial charge is 0.462 e. The summed E-state index contributed by atoms with van der Waals surface area (Å²) in [7, 11) is 0. The minimum atomic E-state index is -0.129. The molecule has 2 N–H and O–H groups in total. The SMILES string of the molecule is CCCCCC(CC)OC(=O)CCCCCCCCN(CCCCCCCCC(=O)OC(CC)CCCCC)CCCNC(=O)c1ccc(C(=O)NCCCN(CCCCCCCCC(=O)OC(CC)CCCCC)CCCCCCCCC(=O)OC(CC)CCCCC)cc1. The Morgan fingerprint density at radius 1 is 0.281 bits per heavy atom. The Hall–Kier alpha value is -4.04. The van der Waals surface area contributed by atoms with Crippen LogP contribution in [0.5, 0.6) is 0 Å². The zero-order valence-corrected chi connectivity index (χ0v) is 63.6. The van der Waals surface area contributed by atoms with E-state index in [1.165, 1.54) is 51.4 Å². The number of esters is 4. The van der Waals surface area contributed by atoms with Gasteiger partial charge in [-0.25, -0.2) is 0 Å². The van der Waals surface area contributed by atoms with Gasteiger partial charge >= 0.3 is 23.9 Å². The van der Waals surface area contributed by atoms with Gasteiger partial charge in [-0.05, 0) is 205 Å². The van der Waals surface area contributed by atoms with Crippen molar-refractivity contribution in [3.63, 3.8) is 0 Å². The molecule has 558 valence electrons. The molecule has 96 heavy (non-hydrogen) atoms. The van der Waals surface area contributed by atoms with Crippen molar-refractivity contribution in [1.82, 2.24) is 20.4 Å². The zero-order chi connectivity index (χ0) is 70.2. The highest BCUT2D eigenvalue weighted by Gasteiger charge is 2.18. The fourth-order valence-electron chi connectivity index (χ4n) is 12.8. The predicted octanol–water partition coefficient (Wildman–Crippen LogP) is 21.1. The smallest absolute Gasteiger partial charge is 0.306 e. The summed E-state index contributed by atoms with van der Waals surface area (Å²) in [5.41, 5.74) is 1.09. The molecule has 0 aromatic heterocycles. The van der Waals surface area contributed by atoms with Gasteiger partial charge in [0.1, 0.15) is 24.4 Å². The van der Waals surface area contributed by atoms with Crippen LogP contribution in [-0.2, 0) is 38.1 Å². The van der Waals surface area contributed by atoms with Crippen LogP contribution in [0.3, 0.4) is 0 Å². The van der Waals surface area contributed by atoms with E-state index in [0.717, 1.165) is 283 Å². The van der Waals surface area contributed by atoms with Crippen molar-refractivity contribution in [2.45, 2.75) is 401 Å². The number of carbonyl (C=O) groups is 6. The van der Waals surface area contributed by atoms with Gasteiger partial charge in [0, 0.05) is 49.9 Å². The van der Waals surface area contributed by atoms with E-state index in [0.29, 0.717) is 49.9 Å². The average molecular weight is 1350 g/mol. The van der Waals surface area contributed by atoms with E-state index in [1.54, 1.807) is 24.3 Å². The van der Waals surface area contributed by atoms with E-state index < -0.39 is 0 Å². The van der Waals surface area contributed by atoms with Crippen LogP contribution in [0.1, 0.15) is 397 Å². The first-order valence-corrected chi connectivity index (χ1v) is 40.7. The summed E-state index contributed by atoms with van der Waals surface area (Å²) in [6.07, 6.45) is 51.4. The number of hydrogen-bond donors (Lipinski definition) is 2. The molecule has 2 amide bonds. The number of nitrogens with one attached hydrogen (secondary N) is 2. The summed E-state index contributed by atoms with van der Waals surface area (Å²) in [5, 5.41) is 6.27. The quantitative estimate of drug-likeness (QED) is 0.0360. The van der Waals surface area contributed by atoms with Gasteiger partial charge in [0.25, 0.3) is 11.8 Å². The highest BCUT2D eigenvalue weighted by atomic mass is 16.6. The molecule has 4 atom stereocenters. The van der Waals surface area contributed by atoms with Gasteiger partial charge in [-0.1, -0.05) is 209 Å². The van der Waals surface area contributed by atoms with Crippen LogP contribution in [-0.4, -0.2) is 122 Å². The number of amides is 2. The molecule has 0 aliphatic rings. The number of hydrogen-bond acceptors (Lipinski definition) is 12. The van der Waals surface area contributed by atoms with Crippen LogP contribution in [0.4, 0.5) is 0 Å². The van der Waals surface area contributed by atoms with E-state index in [4.69, 9.17) is 18.9 Å². The maximum atomic E-state index is 13.4. The summed E-state index contributed by atoms with van der Waals surface area (Å²) in [4.78, 5) is 81.9. The third kappa shape index (κ3) is 52.9. The fraction of sp³-hybridized carbons (Fsp3) is 0.854. The molecule has 14 nitrogen and oxygen atoms in total. The Bertz CT molecular complexity index is 1770. The number of carbonyl (C=O) groups excluding carboxylic acids is 6. The molecule has 0 spiro atoms. The van der Waals surface area contributed by atoms with Gasteiger partial charge in [-0.3, -0.25) is 28.8 Å². The average Bonchev–Trinajstić information content (AvgIpc) is 1.51. The lowest BCUT2D eigenvalue weighted by Gasteiger charge is -2.22. The van der Waals surface area contributed by atoms with Gasteiger partial charge in [-0.2, -0.15) is 0 Å². The molecular weight excluding hydrogens is 1200 g/mol. The minimum Gasteiger partial charge on any atom is -0.462 e. The van der Waals surface area contributed by atoms with E-state index >= 15 is 0 Å². The Morgan fingerprint density at radius 2 is 0.490 bits per heavy atom. The second-order valence-corrected chi connectivity index (χ2v) is 28.0. The molecular formula is C82H150N4O10. The first-order chi connectivity index (χ1) is 46.9. The van der Waals surface area contributed by atoms with E-state index in [-0.39, 0.29) is 60.1 Å². The molecule has 0 heterocycles. The topological polar surface area (TPSA) is 170 Å². The lowest BCUT2D eigenvalue weighted by atomic mass is 10.1. The summed E-state index contributed by atoms with van der Waals surface area (Å²) in [6.45, 7) is 24.3. The third-order valence-corrected chi connectivity index (χ3v) is 19.2. The highest BCUT2D eigenvalue weighted by Crippen LogP contribution is 2.20. The first kappa shape index (κ1) is 90.0. The number of nitrogens with zero attached hydrogens (tertiary/aromatic N) is 2. The van der Waals surface area contributed by atoms with Crippen molar-refractivity contribution in [2.24, 2.45) is 0 Å². The second kappa shape index (κ2) is 65.6. The first-order valence-electron chi connectivity index (χ1n) is 40.7. The maximum Gasteiger partial charge on any atom is 0.306 e. The summed E-state index contributed by atoms with van der Waals surface area (Å²) >= 11 is 0. The maximum absolute atomic E-state index is 13.4. The summed E-state index contributed by atoms with van der Waals surface area (Å²) in [6, 6.07) is 7.01. The Balaban J connectivity index is 2.68. The van der Waals surface area contributed by atoms with Gasteiger partial charge in [0.05, 0.1) is 0 Å². The monoisotopic (exact) mass is 1350 g/mol. The molecule has 4 unspecified atom stereocenters. The van der Waals surface area contributed by atoms with Crippen LogP contribution >= 0.6 is 0 Å². The Labute approximate surface area is 589 Å². The minimum absolute atomic E-state index is 0.0415. The molecule has 0 aliphatic heterocycles. The van der Waals surface area contributed by atoms with E-state index in [9.17, 15) is 28.8 Å². The summed E-state index contributed by atoms with van der Waals surface area (Å²) < 4.78 is 23.1. The lowest BCUT2D eigenvalue weighted by molar-refractivity contribution is -0.150. The van der Waals surface area contributed by atoms with Crippen molar-refractivity contribution in [3.8, 4) is 0 Å². The van der Waals surface area contributed by atoms with Crippen LogP contribution in [0.2, 0.25) is 0 Å². The van der Waals surface area contributed by atoms with Crippen molar-refractivity contribution >= 4 is 35.7 Å².